The zero-order valence-corrected chi connectivity index (χ0v) is 21.5. The summed E-state index contributed by atoms with van der Waals surface area (Å²) in [6, 6.07) is 5.27. The molecule has 0 amide bonds. The van der Waals surface area contributed by atoms with Crippen molar-refractivity contribution < 1.29 is 28.1 Å². The Morgan fingerprint density at radius 3 is 2.63 bits per heavy atom. The van der Waals surface area contributed by atoms with E-state index in [1.54, 1.807) is 6.08 Å². The lowest BCUT2D eigenvalue weighted by atomic mass is 9.56. The van der Waals surface area contributed by atoms with Crippen LogP contribution >= 0.6 is 0 Å². The summed E-state index contributed by atoms with van der Waals surface area (Å²) in [6.45, 7) is 1.94. The molecule has 5 aliphatic rings. The number of aliphatic hydroxyl groups excluding tert-OH is 2. The summed E-state index contributed by atoms with van der Waals surface area (Å²) in [5, 5.41) is 32.9. The first-order chi connectivity index (χ1) is 17.9. The number of hydrogen-bond acceptors (Lipinski definition) is 6. The van der Waals surface area contributed by atoms with E-state index in [0.717, 1.165) is 11.1 Å². The molecule has 3 N–H and O–H groups in total. The van der Waals surface area contributed by atoms with Gasteiger partial charge >= 0.3 is 6.18 Å². The van der Waals surface area contributed by atoms with Crippen LogP contribution in [0, 0.1) is 11.3 Å². The Morgan fingerprint density at radius 1 is 1.13 bits per heavy atom. The summed E-state index contributed by atoms with van der Waals surface area (Å²) in [5.74, 6) is -0.196. The van der Waals surface area contributed by atoms with Gasteiger partial charge in [-0.25, -0.2) is 0 Å². The van der Waals surface area contributed by atoms with Crippen LogP contribution in [0.1, 0.15) is 44.6 Å². The van der Waals surface area contributed by atoms with E-state index in [1.165, 1.54) is 0 Å². The molecule has 7 nitrogen and oxygen atoms in total. The topological polar surface area (TPSA) is 94.5 Å². The van der Waals surface area contributed by atoms with E-state index in [-0.39, 0.29) is 24.0 Å². The minimum absolute atomic E-state index is 0.145. The van der Waals surface area contributed by atoms with Crippen LogP contribution in [-0.2, 0) is 4.74 Å². The van der Waals surface area contributed by atoms with Crippen LogP contribution in [0.15, 0.2) is 47.1 Å². The monoisotopic (exact) mass is 528 g/mol. The highest BCUT2D eigenvalue weighted by molar-refractivity contribution is 5.83. The largest absolute Gasteiger partial charge is 0.413 e. The van der Waals surface area contributed by atoms with Crippen LogP contribution < -0.4 is 0 Å². The van der Waals surface area contributed by atoms with Gasteiger partial charge in [0.05, 0.1) is 17.3 Å². The Labute approximate surface area is 218 Å². The number of aliphatic hydroxyl groups is 2. The minimum Gasteiger partial charge on any atom is -0.388 e. The Balaban J connectivity index is 1.40. The molecule has 7 atom stereocenters. The Morgan fingerprint density at radius 2 is 1.89 bits per heavy atom. The summed E-state index contributed by atoms with van der Waals surface area (Å²) in [5.41, 5.74) is 0.225. The van der Waals surface area contributed by atoms with Crippen molar-refractivity contribution >= 4 is 16.6 Å². The number of nitrogens with one attached hydrogen (secondary N) is 1. The molecular formula is C28H31F3N4O3. The van der Waals surface area contributed by atoms with Gasteiger partial charge in [-0.15, -0.1) is 0 Å². The van der Waals surface area contributed by atoms with Crippen molar-refractivity contribution in [2.45, 2.75) is 74.7 Å². The van der Waals surface area contributed by atoms with Crippen molar-refractivity contribution in [2.75, 3.05) is 14.1 Å². The quantitative estimate of drug-likeness (QED) is 0.547. The maximum atomic E-state index is 14.8. The SMILES string of the molecule is CN(C)C1CC23CCC4(O2)C(=C(C(F)(F)F)CC2(C)C(c5ccc6n[nH]nc6c5)=CCC24)C=C3C(O)C1O. The normalized spacial score (nSPS) is 40.2. The lowest BCUT2D eigenvalue weighted by molar-refractivity contribution is -0.170. The molecule has 1 aromatic carbocycles. The summed E-state index contributed by atoms with van der Waals surface area (Å²) < 4.78 is 51.4. The third-order valence-corrected chi connectivity index (χ3v) is 10.1. The second-order valence-corrected chi connectivity index (χ2v) is 12.2. The molecule has 38 heavy (non-hydrogen) atoms. The molecule has 1 saturated carbocycles. The van der Waals surface area contributed by atoms with Gasteiger partial charge in [-0.1, -0.05) is 25.1 Å². The fraction of sp³-hybridized carbons (Fsp3) is 0.571. The van der Waals surface area contributed by atoms with E-state index < -0.39 is 40.6 Å². The predicted molar refractivity (Wildman–Crippen MR) is 134 cm³/mol. The first-order valence-corrected chi connectivity index (χ1v) is 13.2. The molecule has 2 spiro atoms. The molecular weight excluding hydrogens is 497 g/mol. The summed E-state index contributed by atoms with van der Waals surface area (Å²) in [7, 11) is 3.67. The Hall–Kier alpha value is -2.53. The molecule has 7 rings (SSSR count). The molecule has 2 aliphatic heterocycles. The van der Waals surface area contributed by atoms with E-state index in [0.29, 0.717) is 42.3 Å². The van der Waals surface area contributed by atoms with Crippen LogP contribution in [0.4, 0.5) is 13.2 Å². The van der Waals surface area contributed by atoms with Crippen molar-refractivity contribution in [3.63, 3.8) is 0 Å². The molecule has 2 bridgehead atoms. The molecule has 202 valence electrons. The highest BCUT2D eigenvalue weighted by Crippen LogP contribution is 2.70. The van der Waals surface area contributed by atoms with Crippen molar-refractivity contribution in [1.29, 1.82) is 0 Å². The highest BCUT2D eigenvalue weighted by Gasteiger charge is 2.69. The van der Waals surface area contributed by atoms with Gasteiger partial charge in [-0.05, 0) is 80.6 Å². The van der Waals surface area contributed by atoms with Gasteiger partial charge < -0.3 is 19.8 Å². The highest BCUT2D eigenvalue weighted by atomic mass is 19.4. The van der Waals surface area contributed by atoms with E-state index in [9.17, 15) is 23.4 Å². The minimum atomic E-state index is -4.56. The summed E-state index contributed by atoms with van der Waals surface area (Å²) in [6.07, 6.45) is -1.53. The van der Waals surface area contributed by atoms with E-state index in [1.807, 2.05) is 44.1 Å². The number of halogens is 3. The number of hydrogen-bond donors (Lipinski definition) is 3. The van der Waals surface area contributed by atoms with Crippen LogP contribution in [0.25, 0.3) is 16.6 Å². The number of H-pyrrole nitrogens is 1. The second-order valence-electron chi connectivity index (χ2n) is 12.2. The number of aromatic nitrogens is 3. The lowest BCUT2D eigenvalue weighted by Gasteiger charge is -2.57. The third kappa shape index (κ3) is 3.00. The predicted octanol–water partition coefficient (Wildman–Crippen LogP) is 3.91. The second kappa shape index (κ2) is 7.56. The van der Waals surface area contributed by atoms with Gasteiger partial charge in [0.15, 0.2) is 0 Å². The molecule has 2 fully saturated rings. The average Bonchev–Trinajstić information content (AvgIpc) is 3.54. The zero-order chi connectivity index (χ0) is 26.8. The van der Waals surface area contributed by atoms with E-state index in [2.05, 4.69) is 21.5 Å². The lowest BCUT2D eigenvalue weighted by Crippen LogP contribution is -2.62. The number of alkyl halides is 3. The average molecular weight is 529 g/mol. The van der Waals surface area contributed by atoms with Gasteiger partial charge in [0.2, 0.25) is 0 Å². The molecule has 3 aliphatic carbocycles. The van der Waals surface area contributed by atoms with E-state index >= 15 is 0 Å². The van der Waals surface area contributed by atoms with Crippen LogP contribution in [0.3, 0.4) is 0 Å². The molecule has 7 unspecified atom stereocenters. The maximum Gasteiger partial charge on any atom is 0.413 e. The van der Waals surface area contributed by atoms with Gasteiger partial charge in [-0.3, -0.25) is 0 Å². The van der Waals surface area contributed by atoms with Gasteiger partial charge in [0.25, 0.3) is 0 Å². The number of allylic oxidation sites excluding steroid dienone is 3. The first kappa shape index (κ1) is 24.5. The van der Waals surface area contributed by atoms with Crippen molar-refractivity contribution in [1.82, 2.24) is 20.3 Å². The maximum absolute atomic E-state index is 14.8. The molecule has 3 heterocycles. The summed E-state index contributed by atoms with van der Waals surface area (Å²) in [4.78, 5) is 1.86. The number of benzene rings is 1. The molecule has 1 saturated heterocycles. The van der Waals surface area contributed by atoms with Crippen LogP contribution in [-0.4, -0.2) is 80.2 Å². The number of rotatable bonds is 2. The fourth-order valence-corrected chi connectivity index (χ4v) is 8.38. The molecule has 0 radical (unpaired) electrons. The zero-order valence-electron chi connectivity index (χ0n) is 21.5. The number of likely N-dealkylation sites (N-methyl/N-ethyl adjacent to an activating group) is 1. The number of nitrogens with zero attached hydrogens (tertiary/aromatic N) is 3. The first-order valence-electron chi connectivity index (χ1n) is 13.2. The van der Waals surface area contributed by atoms with Crippen molar-refractivity contribution in [2.24, 2.45) is 11.3 Å². The molecule has 10 heteroatoms. The smallest absolute Gasteiger partial charge is 0.388 e. The molecule has 2 aromatic rings. The van der Waals surface area contributed by atoms with Gasteiger partial charge in [0.1, 0.15) is 17.1 Å². The van der Waals surface area contributed by atoms with Gasteiger partial charge in [-0.2, -0.15) is 28.6 Å². The van der Waals surface area contributed by atoms with Crippen molar-refractivity contribution in [3.05, 3.63) is 52.6 Å². The standard InChI is InChI=1S/C28H31F3N4O3/c1-25-12-18(28(29,30)31)16-11-17-23(36)24(37)21(35(2)3)13-26(17)8-9-27(16,38-26)22(25)7-5-15(25)14-4-6-19-20(10-14)33-34-32-19/h4-6,10-11,21-24,36-37H,7-9,12-13H2,1-3H3,(H,32,33,34). The van der Waals surface area contributed by atoms with Gasteiger partial charge in [0, 0.05) is 22.9 Å². The number of fused-ring (bicyclic) bond motifs is 2. The fourth-order valence-electron chi connectivity index (χ4n) is 8.38. The van der Waals surface area contributed by atoms with Crippen molar-refractivity contribution in [3.8, 4) is 0 Å². The number of aromatic amines is 1. The Kier molecular flexibility index (Phi) is 4.88. The third-order valence-electron chi connectivity index (χ3n) is 10.1. The number of ether oxygens (including phenoxy) is 1. The Bertz CT molecular complexity index is 1440. The summed E-state index contributed by atoms with van der Waals surface area (Å²) >= 11 is 0. The van der Waals surface area contributed by atoms with Crippen LogP contribution in [0.2, 0.25) is 0 Å². The van der Waals surface area contributed by atoms with E-state index in [4.69, 9.17) is 4.74 Å². The molecule has 1 aromatic heterocycles. The van der Waals surface area contributed by atoms with Crippen LogP contribution in [0.5, 0.6) is 0 Å².